The van der Waals surface area contributed by atoms with Crippen LogP contribution >= 0.6 is 0 Å². The van der Waals surface area contributed by atoms with Gasteiger partial charge in [-0.15, -0.1) is 0 Å². The quantitative estimate of drug-likeness (QED) is 0.404. The highest BCUT2D eigenvalue weighted by atomic mass is 16.2. The van der Waals surface area contributed by atoms with Crippen LogP contribution < -0.4 is 0 Å². The zero-order chi connectivity index (χ0) is 6.73. The molecule has 0 aromatic carbocycles. The molecule has 4 heteroatoms. The van der Waals surface area contributed by atoms with Gasteiger partial charge in [0.25, 0.3) is 0 Å². The summed E-state index contributed by atoms with van der Waals surface area (Å²) in [6.07, 6.45) is 0. The Kier molecular flexibility index (Phi) is 2.25. The van der Waals surface area contributed by atoms with Crippen molar-refractivity contribution in [2.24, 2.45) is 0 Å². The smallest absolute Gasteiger partial charge is 0.225 e. The Morgan fingerprint density at radius 3 is 1.88 bits per heavy atom. The Morgan fingerprint density at radius 2 is 1.88 bits per heavy atom. The largest absolute Gasteiger partial charge is 0.296 e. The summed E-state index contributed by atoms with van der Waals surface area (Å²) in [6.45, 7) is 1.27. The Balaban J connectivity index is 3.83. The third-order valence-corrected chi connectivity index (χ3v) is 0.803. The maximum absolute atomic E-state index is 10.2. The Morgan fingerprint density at radius 1 is 1.50 bits per heavy atom. The van der Waals surface area contributed by atoms with Gasteiger partial charge in [0.15, 0.2) is 5.81 Å². The first-order valence-electron chi connectivity index (χ1n) is 2.09. The van der Waals surface area contributed by atoms with Crippen LogP contribution in [-0.4, -0.2) is 31.5 Å². The van der Waals surface area contributed by atoms with E-state index in [0.717, 1.165) is 4.90 Å². The van der Waals surface area contributed by atoms with Crippen LogP contribution in [0.4, 0.5) is 4.79 Å². The van der Waals surface area contributed by atoms with Crippen molar-refractivity contribution in [1.29, 1.82) is 0 Å². The summed E-state index contributed by atoms with van der Waals surface area (Å²) < 4.78 is 0. The first-order valence-corrected chi connectivity index (χ1v) is 2.09. The fourth-order valence-corrected chi connectivity index (χ4v) is 0.155. The SMILES string of the molecule is [B]C(=O)N(C)C(C)=O. The van der Waals surface area contributed by atoms with Crippen molar-refractivity contribution >= 4 is 19.6 Å². The second kappa shape index (κ2) is 2.50. The highest BCUT2D eigenvalue weighted by Gasteiger charge is 2.03. The van der Waals surface area contributed by atoms with Crippen LogP contribution in [0.5, 0.6) is 0 Å². The van der Waals surface area contributed by atoms with Crippen molar-refractivity contribution in [3.63, 3.8) is 0 Å². The van der Waals surface area contributed by atoms with Gasteiger partial charge < -0.3 is 0 Å². The molecule has 0 saturated heterocycles. The van der Waals surface area contributed by atoms with Crippen molar-refractivity contribution < 1.29 is 9.59 Å². The van der Waals surface area contributed by atoms with Gasteiger partial charge in [0.2, 0.25) is 13.8 Å². The van der Waals surface area contributed by atoms with Crippen molar-refractivity contribution in [1.82, 2.24) is 4.90 Å². The van der Waals surface area contributed by atoms with Gasteiger partial charge in [0, 0.05) is 14.0 Å². The van der Waals surface area contributed by atoms with Crippen molar-refractivity contribution in [3.05, 3.63) is 0 Å². The summed E-state index contributed by atoms with van der Waals surface area (Å²) in [5, 5.41) is 0. The van der Waals surface area contributed by atoms with Crippen LogP contribution in [0, 0.1) is 0 Å². The maximum Gasteiger partial charge on any atom is 0.225 e. The molecule has 0 aliphatic carbocycles. The van der Waals surface area contributed by atoms with Crippen molar-refractivity contribution in [2.45, 2.75) is 6.92 Å². The minimum absolute atomic E-state index is 0.350. The van der Waals surface area contributed by atoms with E-state index in [2.05, 4.69) is 0 Å². The van der Waals surface area contributed by atoms with E-state index >= 15 is 0 Å². The molecule has 0 heterocycles. The molecule has 0 aromatic heterocycles. The molecular formula is C4H6BNO2. The van der Waals surface area contributed by atoms with Gasteiger partial charge >= 0.3 is 0 Å². The standard InChI is InChI=1S/C4H6BNO2/c1-3(7)6(2)4(5)8/h1-2H3. The normalized spacial score (nSPS) is 8.25. The van der Waals surface area contributed by atoms with E-state index < -0.39 is 5.81 Å². The summed E-state index contributed by atoms with van der Waals surface area (Å²) in [7, 11) is 6.03. The molecule has 0 aliphatic heterocycles. The lowest BCUT2D eigenvalue weighted by atomic mass is 10.1. The van der Waals surface area contributed by atoms with Crippen LogP contribution in [0.3, 0.4) is 0 Å². The van der Waals surface area contributed by atoms with Gasteiger partial charge in [0.1, 0.15) is 0 Å². The van der Waals surface area contributed by atoms with Gasteiger partial charge in [-0.3, -0.25) is 14.5 Å². The highest BCUT2D eigenvalue weighted by molar-refractivity contribution is 6.58. The highest BCUT2D eigenvalue weighted by Crippen LogP contribution is 1.81. The van der Waals surface area contributed by atoms with Gasteiger partial charge in [-0.1, -0.05) is 0 Å². The second-order valence-corrected chi connectivity index (χ2v) is 1.42. The maximum atomic E-state index is 10.2. The Labute approximate surface area is 49.1 Å². The molecule has 0 aliphatic rings. The number of carbonyl (C=O) groups is 2. The molecule has 2 radical (unpaired) electrons. The van der Waals surface area contributed by atoms with Crippen molar-refractivity contribution in [3.8, 4) is 0 Å². The number of rotatable bonds is 0. The first kappa shape index (κ1) is 7.20. The minimum Gasteiger partial charge on any atom is -0.296 e. The molecule has 3 nitrogen and oxygen atoms in total. The minimum atomic E-state index is -0.725. The lowest BCUT2D eigenvalue weighted by molar-refractivity contribution is -0.124. The lowest BCUT2D eigenvalue weighted by Gasteiger charge is -2.08. The first-order chi connectivity index (χ1) is 3.55. The van der Waals surface area contributed by atoms with E-state index in [4.69, 9.17) is 7.85 Å². The number of hydrogen-bond donors (Lipinski definition) is 0. The Bertz CT molecular complexity index is 109. The summed E-state index contributed by atoms with van der Waals surface area (Å²) in [6, 6.07) is 0. The molecule has 0 bridgehead atoms. The number of amides is 2. The summed E-state index contributed by atoms with van der Waals surface area (Å²) in [5.74, 6) is -1.07. The van der Waals surface area contributed by atoms with E-state index in [1.807, 2.05) is 0 Å². The van der Waals surface area contributed by atoms with Gasteiger partial charge in [-0.2, -0.15) is 0 Å². The molecule has 0 atom stereocenters. The molecule has 8 heavy (non-hydrogen) atoms. The lowest BCUT2D eigenvalue weighted by Crippen LogP contribution is -2.29. The van der Waals surface area contributed by atoms with E-state index in [1.165, 1.54) is 14.0 Å². The van der Waals surface area contributed by atoms with Gasteiger partial charge in [-0.05, 0) is 0 Å². The Hall–Kier alpha value is -0.795. The van der Waals surface area contributed by atoms with E-state index in [1.54, 1.807) is 0 Å². The molecule has 42 valence electrons. The van der Waals surface area contributed by atoms with Gasteiger partial charge in [0.05, 0.1) is 0 Å². The average molecular weight is 111 g/mol. The summed E-state index contributed by atoms with van der Waals surface area (Å²) >= 11 is 0. The topological polar surface area (TPSA) is 37.4 Å². The molecule has 0 unspecified atom stereocenters. The van der Waals surface area contributed by atoms with E-state index in [0.29, 0.717) is 0 Å². The molecule has 0 aromatic rings. The third-order valence-electron chi connectivity index (χ3n) is 0.803. The predicted octanol–water partition coefficient (Wildman–Crippen LogP) is -0.247. The van der Waals surface area contributed by atoms with Crippen LogP contribution in [0.1, 0.15) is 6.92 Å². The van der Waals surface area contributed by atoms with Crippen LogP contribution in [-0.2, 0) is 4.79 Å². The number of nitrogens with zero attached hydrogens (tertiary/aromatic N) is 1. The zero-order valence-corrected chi connectivity index (χ0v) is 4.84. The van der Waals surface area contributed by atoms with E-state index in [9.17, 15) is 9.59 Å². The van der Waals surface area contributed by atoms with Crippen LogP contribution in [0.2, 0.25) is 0 Å². The average Bonchev–Trinajstić information content (AvgIpc) is 1.64. The fourth-order valence-electron chi connectivity index (χ4n) is 0.155. The number of hydrogen-bond acceptors (Lipinski definition) is 2. The van der Waals surface area contributed by atoms with Crippen molar-refractivity contribution in [2.75, 3.05) is 7.05 Å². The predicted molar refractivity (Wildman–Crippen MR) is 29.6 cm³/mol. The molecule has 0 rings (SSSR count). The monoisotopic (exact) mass is 111 g/mol. The molecule has 0 fully saturated rings. The fraction of sp³-hybridized carbons (Fsp3) is 0.500. The third kappa shape index (κ3) is 1.77. The second-order valence-electron chi connectivity index (χ2n) is 1.42. The summed E-state index contributed by atoms with van der Waals surface area (Å²) in [4.78, 5) is 21.1. The molecule has 0 spiro atoms. The molecule has 0 N–H and O–H groups in total. The number of imide groups is 1. The molecule has 0 saturated carbocycles. The summed E-state index contributed by atoms with van der Waals surface area (Å²) in [5.41, 5.74) is 0. The molecular weight excluding hydrogens is 105 g/mol. The molecule has 2 amide bonds. The van der Waals surface area contributed by atoms with Crippen LogP contribution in [0.25, 0.3) is 0 Å². The van der Waals surface area contributed by atoms with Gasteiger partial charge in [-0.25, -0.2) is 0 Å². The zero-order valence-electron chi connectivity index (χ0n) is 4.84. The number of carbonyl (C=O) groups excluding carboxylic acids is 2. The van der Waals surface area contributed by atoms with Crippen LogP contribution in [0.15, 0.2) is 0 Å². The van der Waals surface area contributed by atoms with E-state index in [-0.39, 0.29) is 5.91 Å².